The number of carboxylic acid groups (broad SMARTS) is 1. The molecule has 0 spiro atoms. The first kappa shape index (κ1) is 13.5. The first-order valence-electron chi connectivity index (χ1n) is 6.37. The van der Waals surface area contributed by atoms with Crippen molar-refractivity contribution in [3.8, 4) is 5.75 Å². The topological polar surface area (TPSA) is 51.5 Å². The molecule has 19 heavy (non-hydrogen) atoms. The van der Waals surface area contributed by atoms with Gasteiger partial charge in [-0.25, -0.2) is 0 Å². The summed E-state index contributed by atoms with van der Waals surface area (Å²) in [6.07, 6.45) is 0.576. The molecule has 0 aliphatic heterocycles. The molecule has 1 heterocycles. The summed E-state index contributed by atoms with van der Waals surface area (Å²) >= 11 is 0. The van der Waals surface area contributed by atoms with Gasteiger partial charge in [-0.05, 0) is 25.0 Å². The van der Waals surface area contributed by atoms with E-state index in [1.807, 2.05) is 43.7 Å². The second-order valence-electron chi connectivity index (χ2n) is 4.71. The lowest BCUT2D eigenvalue weighted by molar-refractivity contribution is -0.138. The first-order valence-corrected chi connectivity index (χ1v) is 6.37. The Morgan fingerprint density at radius 2 is 2.16 bits per heavy atom. The number of aliphatic carboxylic acids is 1. The molecule has 1 aromatic carbocycles. The van der Waals surface area contributed by atoms with Crippen molar-refractivity contribution < 1.29 is 14.6 Å². The number of nitrogens with zero attached hydrogens (tertiary/aromatic N) is 1. The zero-order chi connectivity index (χ0) is 14.2. The molecule has 0 bridgehead atoms. The van der Waals surface area contributed by atoms with E-state index in [0.29, 0.717) is 6.42 Å². The van der Waals surface area contributed by atoms with Gasteiger partial charge in [0, 0.05) is 18.1 Å². The molecule has 0 aliphatic rings. The van der Waals surface area contributed by atoms with Crippen molar-refractivity contribution in [3.63, 3.8) is 0 Å². The van der Waals surface area contributed by atoms with Crippen molar-refractivity contribution in [3.05, 3.63) is 29.5 Å². The highest BCUT2D eigenvalue weighted by atomic mass is 16.5. The van der Waals surface area contributed by atoms with Gasteiger partial charge in [0.05, 0.1) is 18.5 Å². The molecule has 0 aliphatic carbocycles. The Balaban J connectivity index is 2.82. The summed E-state index contributed by atoms with van der Waals surface area (Å²) in [5.74, 6) is -0.480. The fraction of sp³-hybridized carbons (Fsp3) is 0.400. The Morgan fingerprint density at radius 1 is 1.47 bits per heavy atom. The first-order chi connectivity index (χ1) is 9.02. The van der Waals surface area contributed by atoms with Crippen molar-refractivity contribution in [1.29, 1.82) is 0 Å². The molecular formula is C15H19NO3. The van der Waals surface area contributed by atoms with Gasteiger partial charge in [0.2, 0.25) is 0 Å². The standard InChI is InChI=1S/C15H19NO3/c1-5-10(15(17)18)13-9(2)16(3)14-11(13)7-6-8-12(14)19-4/h6-8,10H,5H2,1-4H3,(H,17,18). The molecule has 0 saturated carbocycles. The average molecular weight is 261 g/mol. The highest BCUT2D eigenvalue weighted by Crippen LogP contribution is 2.37. The van der Waals surface area contributed by atoms with Crippen LogP contribution in [0.15, 0.2) is 18.2 Å². The van der Waals surface area contributed by atoms with Gasteiger partial charge < -0.3 is 14.4 Å². The van der Waals surface area contributed by atoms with Gasteiger partial charge in [0.1, 0.15) is 5.75 Å². The van der Waals surface area contributed by atoms with Crippen LogP contribution in [-0.4, -0.2) is 22.8 Å². The zero-order valence-corrected chi connectivity index (χ0v) is 11.7. The number of benzene rings is 1. The Hall–Kier alpha value is -1.97. The van der Waals surface area contributed by atoms with Gasteiger partial charge in [0.25, 0.3) is 0 Å². The van der Waals surface area contributed by atoms with E-state index in [2.05, 4.69) is 0 Å². The number of hydrogen-bond donors (Lipinski definition) is 1. The predicted octanol–water partition coefficient (Wildman–Crippen LogP) is 3.07. The summed E-state index contributed by atoms with van der Waals surface area (Å²) < 4.78 is 7.39. The highest BCUT2D eigenvalue weighted by Gasteiger charge is 2.26. The number of aryl methyl sites for hydroxylation is 1. The van der Waals surface area contributed by atoms with E-state index < -0.39 is 11.9 Å². The molecule has 1 aromatic heterocycles. The zero-order valence-electron chi connectivity index (χ0n) is 11.7. The van der Waals surface area contributed by atoms with Crippen LogP contribution in [0.1, 0.15) is 30.5 Å². The summed E-state index contributed by atoms with van der Waals surface area (Å²) in [5.41, 5.74) is 2.83. The molecular weight excluding hydrogens is 242 g/mol. The molecule has 0 amide bonds. The number of carboxylic acids is 1. The number of hydrogen-bond acceptors (Lipinski definition) is 2. The fourth-order valence-corrected chi connectivity index (χ4v) is 2.74. The maximum absolute atomic E-state index is 11.5. The third-order valence-corrected chi connectivity index (χ3v) is 3.79. The Labute approximate surface area is 112 Å². The number of rotatable bonds is 4. The minimum atomic E-state index is -0.777. The largest absolute Gasteiger partial charge is 0.495 e. The van der Waals surface area contributed by atoms with Crippen LogP contribution in [0.2, 0.25) is 0 Å². The number of para-hydroxylation sites is 1. The van der Waals surface area contributed by atoms with Crippen LogP contribution < -0.4 is 4.74 Å². The number of carbonyl (C=O) groups is 1. The van der Waals surface area contributed by atoms with Gasteiger partial charge >= 0.3 is 5.97 Å². The quantitative estimate of drug-likeness (QED) is 0.920. The predicted molar refractivity (Wildman–Crippen MR) is 74.9 cm³/mol. The Morgan fingerprint density at radius 3 is 2.68 bits per heavy atom. The van der Waals surface area contributed by atoms with Crippen LogP contribution in [0, 0.1) is 6.92 Å². The molecule has 1 N–H and O–H groups in total. The number of aromatic nitrogens is 1. The van der Waals surface area contributed by atoms with Crippen molar-refractivity contribution in [2.45, 2.75) is 26.2 Å². The van der Waals surface area contributed by atoms with Crippen LogP contribution >= 0.6 is 0 Å². The summed E-state index contributed by atoms with van der Waals surface area (Å²) in [6, 6.07) is 5.76. The fourth-order valence-electron chi connectivity index (χ4n) is 2.74. The molecule has 102 valence electrons. The van der Waals surface area contributed by atoms with Crippen LogP contribution in [0.25, 0.3) is 10.9 Å². The SMILES string of the molecule is CCC(C(=O)O)c1c(C)n(C)c2c(OC)cccc12. The van der Waals surface area contributed by atoms with Crippen LogP contribution in [0.5, 0.6) is 5.75 Å². The Bertz CT molecular complexity index is 628. The summed E-state index contributed by atoms with van der Waals surface area (Å²) in [4.78, 5) is 11.5. The van der Waals surface area contributed by atoms with E-state index in [0.717, 1.165) is 27.9 Å². The third kappa shape index (κ3) is 1.97. The van der Waals surface area contributed by atoms with Gasteiger partial charge in [0.15, 0.2) is 0 Å². The van der Waals surface area contributed by atoms with E-state index >= 15 is 0 Å². The average Bonchev–Trinajstić information content (AvgIpc) is 2.64. The van der Waals surface area contributed by atoms with E-state index in [1.54, 1.807) is 7.11 Å². The smallest absolute Gasteiger partial charge is 0.311 e. The van der Waals surface area contributed by atoms with E-state index in [1.165, 1.54) is 0 Å². The van der Waals surface area contributed by atoms with Crippen LogP contribution in [0.3, 0.4) is 0 Å². The van der Waals surface area contributed by atoms with Crippen LogP contribution in [-0.2, 0) is 11.8 Å². The molecule has 4 heteroatoms. The molecule has 2 rings (SSSR count). The lowest BCUT2D eigenvalue weighted by Gasteiger charge is -2.10. The lowest BCUT2D eigenvalue weighted by atomic mass is 9.94. The monoisotopic (exact) mass is 261 g/mol. The number of methoxy groups -OCH3 is 1. The third-order valence-electron chi connectivity index (χ3n) is 3.79. The molecule has 1 unspecified atom stereocenters. The molecule has 2 aromatic rings. The van der Waals surface area contributed by atoms with Gasteiger partial charge in [-0.2, -0.15) is 0 Å². The van der Waals surface area contributed by atoms with E-state index in [9.17, 15) is 9.90 Å². The molecule has 0 radical (unpaired) electrons. The van der Waals surface area contributed by atoms with Crippen molar-refractivity contribution in [2.24, 2.45) is 7.05 Å². The lowest BCUT2D eigenvalue weighted by Crippen LogP contribution is -2.11. The van der Waals surface area contributed by atoms with E-state index in [4.69, 9.17) is 4.74 Å². The molecule has 0 fully saturated rings. The maximum Gasteiger partial charge on any atom is 0.311 e. The molecule has 0 saturated heterocycles. The highest BCUT2D eigenvalue weighted by molar-refractivity contribution is 5.94. The van der Waals surface area contributed by atoms with Gasteiger partial charge in [-0.1, -0.05) is 19.1 Å². The van der Waals surface area contributed by atoms with Crippen molar-refractivity contribution >= 4 is 16.9 Å². The van der Waals surface area contributed by atoms with Gasteiger partial charge in [-0.15, -0.1) is 0 Å². The van der Waals surface area contributed by atoms with Crippen molar-refractivity contribution in [1.82, 2.24) is 4.57 Å². The second kappa shape index (κ2) is 4.96. The molecule has 4 nitrogen and oxygen atoms in total. The van der Waals surface area contributed by atoms with Crippen LogP contribution in [0.4, 0.5) is 0 Å². The molecule has 1 atom stereocenters. The van der Waals surface area contributed by atoms with E-state index in [-0.39, 0.29) is 0 Å². The maximum atomic E-state index is 11.5. The second-order valence-corrected chi connectivity index (χ2v) is 4.71. The minimum absolute atomic E-state index is 0.476. The summed E-state index contributed by atoms with van der Waals surface area (Å²) in [5, 5.41) is 10.4. The van der Waals surface area contributed by atoms with Crippen molar-refractivity contribution in [2.75, 3.05) is 7.11 Å². The minimum Gasteiger partial charge on any atom is -0.495 e. The number of ether oxygens (including phenoxy) is 1. The summed E-state index contributed by atoms with van der Waals surface area (Å²) in [6.45, 7) is 3.86. The number of fused-ring (bicyclic) bond motifs is 1. The normalized spacial score (nSPS) is 12.6. The summed E-state index contributed by atoms with van der Waals surface area (Å²) in [7, 11) is 3.57. The Kier molecular flexibility index (Phi) is 3.51. The van der Waals surface area contributed by atoms with Gasteiger partial charge in [-0.3, -0.25) is 4.79 Å².